The van der Waals surface area contributed by atoms with E-state index in [0.717, 1.165) is 30.7 Å². The first-order valence-corrected chi connectivity index (χ1v) is 7.47. The minimum Gasteiger partial charge on any atom is -0.492 e. The molecule has 1 aliphatic heterocycles. The van der Waals surface area contributed by atoms with Crippen LogP contribution in [0.1, 0.15) is 45.2 Å². The number of halogens is 2. The molecule has 0 spiro atoms. The highest BCUT2D eigenvalue weighted by molar-refractivity contribution is 6.35. The summed E-state index contributed by atoms with van der Waals surface area (Å²) in [4.78, 5) is 0. The molecule has 4 heteroatoms. The molecule has 1 unspecified atom stereocenters. The molecule has 0 bridgehead atoms. The summed E-state index contributed by atoms with van der Waals surface area (Å²) >= 11 is 12.3. The standard InChI is InChI=1S/C15H21Cl2NO/c1-15(2,3)5-6-18-13-4-7-19-14-11(13)8-10(16)9-12(14)17/h8-9,13,18H,4-7H2,1-3H3. The second kappa shape index (κ2) is 5.90. The summed E-state index contributed by atoms with van der Waals surface area (Å²) in [5, 5.41) is 4.86. The Labute approximate surface area is 125 Å². The van der Waals surface area contributed by atoms with Crippen molar-refractivity contribution in [2.45, 2.75) is 39.7 Å². The lowest BCUT2D eigenvalue weighted by molar-refractivity contribution is 0.247. The molecule has 1 aromatic carbocycles. The average Bonchev–Trinajstić information content (AvgIpc) is 2.28. The monoisotopic (exact) mass is 301 g/mol. The summed E-state index contributed by atoms with van der Waals surface area (Å²) in [6.07, 6.45) is 2.09. The van der Waals surface area contributed by atoms with E-state index in [9.17, 15) is 0 Å². The molecule has 0 aliphatic carbocycles. The number of hydrogen-bond acceptors (Lipinski definition) is 2. The van der Waals surface area contributed by atoms with Crippen LogP contribution >= 0.6 is 23.2 Å². The summed E-state index contributed by atoms with van der Waals surface area (Å²) in [7, 11) is 0. The molecule has 2 rings (SSSR count). The van der Waals surface area contributed by atoms with Gasteiger partial charge in [0, 0.05) is 23.0 Å². The minimum atomic E-state index is 0.280. The molecule has 1 N–H and O–H groups in total. The molecule has 0 fully saturated rings. The lowest BCUT2D eigenvalue weighted by Gasteiger charge is -2.29. The van der Waals surface area contributed by atoms with E-state index in [1.54, 1.807) is 6.07 Å². The van der Waals surface area contributed by atoms with Gasteiger partial charge in [-0.25, -0.2) is 0 Å². The third-order valence-corrected chi connectivity index (χ3v) is 3.83. The Morgan fingerprint density at radius 2 is 2.05 bits per heavy atom. The van der Waals surface area contributed by atoms with E-state index in [1.807, 2.05) is 6.07 Å². The Bertz CT molecular complexity index is 454. The quantitative estimate of drug-likeness (QED) is 0.862. The fraction of sp³-hybridized carbons (Fsp3) is 0.600. The highest BCUT2D eigenvalue weighted by Crippen LogP contribution is 2.39. The van der Waals surface area contributed by atoms with Crippen LogP contribution in [0.15, 0.2) is 12.1 Å². The third-order valence-electron chi connectivity index (χ3n) is 3.33. The smallest absolute Gasteiger partial charge is 0.142 e. The Morgan fingerprint density at radius 1 is 1.32 bits per heavy atom. The Hall–Kier alpha value is -0.440. The normalized spacial score (nSPS) is 18.9. The van der Waals surface area contributed by atoms with Crippen LogP contribution in [0.25, 0.3) is 0 Å². The molecule has 0 saturated heterocycles. The second-order valence-electron chi connectivity index (χ2n) is 6.26. The molecule has 0 radical (unpaired) electrons. The van der Waals surface area contributed by atoms with Crippen LogP contribution in [0, 0.1) is 5.41 Å². The second-order valence-corrected chi connectivity index (χ2v) is 7.10. The predicted octanol–water partition coefficient (Wildman–Crippen LogP) is 4.84. The molecule has 106 valence electrons. The molecule has 1 aliphatic rings. The van der Waals surface area contributed by atoms with Gasteiger partial charge in [-0.15, -0.1) is 0 Å². The van der Waals surface area contributed by atoms with Crippen molar-refractivity contribution in [3.8, 4) is 5.75 Å². The van der Waals surface area contributed by atoms with Crippen LogP contribution in [0.2, 0.25) is 10.0 Å². The van der Waals surface area contributed by atoms with E-state index >= 15 is 0 Å². The highest BCUT2D eigenvalue weighted by atomic mass is 35.5. The highest BCUT2D eigenvalue weighted by Gasteiger charge is 2.24. The van der Waals surface area contributed by atoms with Crippen LogP contribution in [0.3, 0.4) is 0 Å². The summed E-state index contributed by atoms with van der Waals surface area (Å²) in [6.45, 7) is 8.43. The third kappa shape index (κ3) is 4.01. The van der Waals surface area contributed by atoms with Gasteiger partial charge in [0.1, 0.15) is 5.75 Å². The number of rotatable bonds is 3. The number of benzene rings is 1. The van der Waals surface area contributed by atoms with Gasteiger partial charge in [0.25, 0.3) is 0 Å². The van der Waals surface area contributed by atoms with Crippen LogP contribution in [-0.2, 0) is 0 Å². The number of nitrogens with one attached hydrogen (secondary N) is 1. The van der Waals surface area contributed by atoms with Gasteiger partial charge in [-0.3, -0.25) is 0 Å². The number of hydrogen-bond donors (Lipinski definition) is 1. The van der Waals surface area contributed by atoms with Gasteiger partial charge in [0.05, 0.1) is 11.6 Å². The molecule has 1 aromatic rings. The van der Waals surface area contributed by atoms with Gasteiger partial charge in [-0.2, -0.15) is 0 Å². The van der Waals surface area contributed by atoms with Gasteiger partial charge in [0.2, 0.25) is 0 Å². The Kier molecular flexibility index (Phi) is 4.65. The maximum atomic E-state index is 6.18. The van der Waals surface area contributed by atoms with Crippen LogP contribution in [0.4, 0.5) is 0 Å². The van der Waals surface area contributed by atoms with Crippen molar-refractivity contribution in [1.29, 1.82) is 0 Å². The molecule has 2 nitrogen and oxygen atoms in total. The van der Waals surface area contributed by atoms with Crippen molar-refractivity contribution in [2.75, 3.05) is 13.2 Å². The summed E-state index contributed by atoms with van der Waals surface area (Å²) in [5.41, 5.74) is 1.42. The minimum absolute atomic E-state index is 0.280. The molecule has 19 heavy (non-hydrogen) atoms. The van der Waals surface area contributed by atoms with Crippen molar-refractivity contribution in [1.82, 2.24) is 5.32 Å². The molecule has 0 saturated carbocycles. The van der Waals surface area contributed by atoms with Gasteiger partial charge in [-0.1, -0.05) is 44.0 Å². The molecule has 1 atom stereocenters. The predicted molar refractivity (Wildman–Crippen MR) is 81.4 cm³/mol. The SMILES string of the molecule is CC(C)(C)CCNC1CCOc2c(Cl)cc(Cl)cc21. The topological polar surface area (TPSA) is 21.3 Å². The van der Waals surface area contributed by atoms with E-state index < -0.39 is 0 Å². The lowest BCUT2D eigenvalue weighted by Crippen LogP contribution is -2.29. The molecule has 1 heterocycles. The van der Waals surface area contributed by atoms with Gasteiger partial charge in [0.15, 0.2) is 0 Å². The van der Waals surface area contributed by atoms with Crippen molar-refractivity contribution in [3.63, 3.8) is 0 Å². The zero-order valence-corrected chi connectivity index (χ0v) is 13.2. The maximum Gasteiger partial charge on any atom is 0.142 e. The van der Waals surface area contributed by atoms with E-state index in [-0.39, 0.29) is 6.04 Å². The van der Waals surface area contributed by atoms with Gasteiger partial charge >= 0.3 is 0 Å². The fourth-order valence-electron chi connectivity index (χ4n) is 2.26. The number of fused-ring (bicyclic) bond motifs is 1. The molecular formula is C15H21Cl2NO. The van der Waals surface area contributed by atoms with Crippen molar-refractivity contribution in [2.24, 2.45) is 5.41 Å². The summed E-state index contributed by atoms with van der Waals surface area (Å²) in [5.74, 6) is 0.783. The Morgan fingerprint density at radius 3 is 2.74 bits per heavy atom. The van der Waals surface area contributed by atoms with Gasteiger partial charge in [-0.05, 0) is 30.5 Å². The average molecular weight is 302 g/mol. The zero-order valence-electron chi connectivity index (χ0n) is 11.7. The summed E-state index contributed by atoms with van der Waals surface area (Å²) < 4.78 is 5.66. The first-order chi connectivity index (χ1) is 8.87. The van der Waals surface area contributed by atoms with Crippen molar-refractivity contribution in [3.05, 3.63) is 27.7 Å². The van der Waals surface area contributed by atoms with Crippen LogP contribution in [-0.4, -0.2) is 13.2 Å². The lowest BCUT2D eigenvalue weighted by atomic mass is 9.92. The maximum absolute atomic E-state index is 6.18. The van der Waals surface area contributed by atoms with E-state index in [2.05, 4.69) is 26.1 Å². The van der Waals surface area contributed by atoms with E-state index in [4.69, 9.17) is 27.9 Å². The van der Waals surface area contributed by atoms with E-state index in [1.165, 1.54) is 0 Å². The largest absolute Gasteiger partial charge is 0.492 e. The fourth-order valence-corrected chi connectivity index (χ4v) is 2.82. The molecular weight excluding hydrogens is 281 g/mol. The zero-order chi connectivity index (χ0) is 14.0. The van der Waals surface area contributed by atoms with Crippen molar-refractivity contribution >= 4 is 23.2 Å². The van der Waals surface area contributed by atoms with Crippen LogP contribution < -0.4 is 10.1 Å². The van der Waals surface area contributed by atoms with Crippen LogP contribution in [0.5, 0.6) is 5.75 Å². The molecule has 0 aromatic heterocycles. The first kappa shape index (κ1) is 15.0. The Balaban J connectivity index is 2.09. The first-order valence-electron chi connectivity index (χ1n) is 6.72. The summed E-state index contributed by atoms with van der Waals surface area (Å²) in [6, 6.07) is 3.97. The van der Waals surface area contributed by atoms with Crippen molar-refractivity contribution < 1.29 is 4.74 Å². The molecule has 0 amide bonds. The van der Waals surface area contributed by atoms with E-state index in [0.29, 0.717) is 22.1 Å². The number of ether oxygens (including phenoxy) is 1. The van der Waals surface area contributed by atoms with Gasteiger partial charge < -0.3 is 10.1 Å².